The molecule has 10 heteroatoms. The lowest BCUT2D eigenvalue weighted by Crippen LogP contribution is -2.26. The first-order valence-corrected chi connectivity index (χ1v) is 10.2. The topological polar surface area (TPSA) is 59.8 Å². The molecule has 164 valence electrons. The predicted octanol–water partition coefficient (Wildman–Crippen LogP) is 5.28. The fourth-order valence-corrected chi connectivity index (χ4v) is 3.49. The molecule has 3 aromatic rings. The lowest BCUT2D eigenvalue weighted by atomic mass is 10.1. The summed E-state index contributed by atoms with van der Waals surface area (Å²) in [5, 5.41) is 6.97. The van der Waals surface area contributed by atoms with E-state index in [2.05, 4.69) is 31.3 Å². The first-order valence-electron chi connectivity index (χ1n) is 9.41. The predicted molar refractivity (Wildman–Crippen MR) is 111 cm³/mol. The standard InChI is InChI=1S/C21H19BrF4N4O/c1-12(2)19-15(20(31)27-8-7-13-3-5-17(23)16(22)9-13)11-29-30(19)18-6-4-14(10-28-18)21(24,25)26/h3-6,9-12H,7-8H2,1-2H3,(H,27,31). The summed E-state index contributed by atoms with van der Waals surface area (Å²) in [6.07, 6.45) is -1.88. The Kier molecular flexibility index (Phi) is 6.78. The molecule has 2 heterocycles. The highest BCUT2D eigenvalue weighted by Crippen LogP contribution is 2.29. The third kappa shape index (κ3) is 5.30. The van der Waals surface area contributed by atoms with Crippen LogP contribution in [0.2, 0.25) is 0 Å². The molecule has 0 radical (unpaired) electrons. The molecule has 0 saturated carbocycles. The van der Waals surface area contributed by atoms with Gasteiger partial charge in [0.25, 0.3) is 5.91 Å². The van der Waals surface area contributed by atoms with Crippen LogP contribution >= 0.6 is 15.9 Å². The van der Waals surface area contributed by atoms with Crippen molar-refractivity contribution in [2.24, 2.45) is 0 Å². The summed E-state index contributed by atoms with van der Waals surface area (Å²) >= 11 is 3.13. The minimum Gasteiger partial charge on any atom is -0.352 e. The van der Waals surface area contributed by atoms with E-state index < -0.39 is 11.7 Å². The molecule has 0 aliphatic carbocycles. The number of nitrogens with one attached hydrogen (secondary N) is 1. The van der Waals surface area contributed by atoms with Gasteiger partial charge < -0.3 is 5.32 Å². The highest BCUT2D eigenvalue weighted by molar-refractivity contribution is 9.10. The van der Waals surface area contributed by atoms with Crippen molar-refractivity contribution in [2.75, 3.05) is 6.54 Å². The van der Waals surface area contributed by atoms with Gasteiger partial charge >= 0.3 is 6.18 Å². The monoisotopic (exact) mass is 498 g/mol. The molecule has 0 aliphatic rings. The summed E-state index contributed by atoms with van der Waals surface area (Å²) in [6.45, 7) is 4.02. The van der Waals surface area contributed by atoms with Gasteiger partial charge in [-0.15, -0.1) is 0 Å². The van der Waals surface area contributed by atoms with Gasteiger partial charge in [-0.2, -0.15) is 18.3 Å². The van der Waals surface area contributed by atoms with Crippen molar-refractivity contribution in [3.8, 4) is 5.82 Å². The number of carbonyl (C=O) groups excluding carboxylic acids is 1. The summed E-state index contributed by atoms with van der Waals surface area (Å²) in [5.41, 5.74) is 0.841. The second kappa shape index (κ2) is 9.17. The van der Waals surface area contributed by atoms with Crippen LogP contribution in [0.25, 0.3) is 5.82 Å². The molecule has 0 bridgehead atoms. The molecule has 1 aromatic carbocycles. The number of amides is 1. The third-order valence-electron chi connectivity index (χ3n) is 4.57. The van der Waals surface area contributed by atoms with E-state index in [-0.39, 0.29) is 23.5 Å². The summed E-state index contributed by atoms with van der Waals surface area (Å²) in [6, 6.07) is 6.78. The summed E-state index contributed by atoms with van der Waals surface area (Å²) in [5.74, 6) is -0.672. The smallest absolute Gasteiger partial charge is 0.352 e. The van der Waals surface area contributed by atoms with Crippen LogP contribution in [0.15, 0.2) is 47.2 Å². The van der Waals surface area contributed by atoms with Gasteiger partial charge in [-0.3, -0.25) is 4.79 Å². The van der Waals surface area contributed by atoms with Crippen molar-refractivity contribution in [1.82, 2.24) is 20.1 Å². The number of rotatable bonds is 6. The number of aromatic nitrogens is 3. The molecule has 0 unspecified atom stereocenters. The van der Waals surface area contributed by atoms with Crippen molar-refractivity contribution in [2.45, 2.75) is 32.4 Å². The van der Waals surface area contributed by atoms with Crippen LogP contribution in [0.4, 0.5) is 17.6 Å². The normalized spacial score (nSPS) is 11.7. The fraction of sp³-hybridized carbons (Fsp3) is 0.286. The van der Waals surface area contributed by atoms with Crippen molar-refractivity contribution in [3.63, 3.8) is 0 Å². The molecule has 5 nitrogen and oxygen atoms in total. The number of carbonyl (C=O) groups is 1. The number of pyridine rings is 1. The van der Waals surface area contributed by atoms with Crippen LogP contribution < -0.4 is 5.32 Å². The van der Waals surface area contributed by atoms with E-state index in [1.54, 1.807) is 12.1 Å². The van der Waals surface area contributed by atoms with Crippen molar-refractivity contribution in [3.05, 3.63) is 75.4 Å². The second-order valence-electron chi connectivity index (χ2n) is 7.17. The van der Waals surface area contributed by atoms with Crippen molar-refractivity contribution < 1.29 is 22.4 Å². The van der Waals surface area contributed by atoms with Crippen LogP contribution in [-0.2, 0) is 12.6 Å². The molecule has 0 saturated heterocycles. The first kappa shape index (κ1) is 22.9. The van der Waals surface area contributed by atoms with E-state index >= 15 is 0 Å². The summed E-state index contributed by atoms with van der Waals surface area (Å²) in [7, 11) is 0. The number of hydrogen-bond donors (Lipinski definition) is 1. The van der Waals surface area contributed by atoms with E-state index in [0.29, 0.717) is 28.7 Å². The molecule has 31 heavy (non-hydrogen) atoms. The van der Waals surface area contributed by atoms with Gasteiger partial charge in [-0.05, 0) is 58.1 Å². The zero-order valence-electron chi connectivity index (χ0n) is 16.7. The van der Waals surface area contributed by atoms with Crippen LogP contribution in [0.5, 0.6) is 0 Å². The molecule has 0 fully saturated rings. The van der Waals surface area contributed by atoms with Gasteiger partial charge in [-0.1, -0.05) is 19.9 Å². The third-order valence-corrected chi connectivity index (χ3v) is 5.18. The molecule has 1 amide bonds. The van der Waals surface area contributed by atoms with E-state index in [0.717, 1.165) is 17.8 Å². The average molecular weight is 499 g/mol. The highest BCUT2D eigenvalue weighted by atomic mass is 79.9. The molecule has 1 N–H and O–H groups in total. The number of hydrogen-bond acceptors (Lipinski definition) is 3. The van der Waals surface area contributed by atoms with Gasteiger partial charge in [0.05, 0.1) is 27.5 Å². The molecular weight excluding hydrogens is 480 g/mol. The zero-order chi connectivity index (χ0) is 22.8. The van der Waals surface area contributed by atoms with Gasteiger partial charge in [0.15, 0.2) is 5.82 Å². The quantitative estimate of drug-likeness (QED) is 0.470. The van der Waals surface area contributed by atoms with Crippen LogP contribution in [0.3, 0.4) is 0 Å². The van der Waals surface area contributed by atoms with E-state index in [1.807, 2.05) is 13.8 Å². The van der Waals surface area contributed by atoms with E-state index in [1.165, 1.54) is 23.0 Å². The Morgan fingerprint density at radius 1 is 1.19 bits per heavy atom. The lowest BCUT2D eigenvalue weighted by Gasteiger charge is -2.13. The molecule has 0 atom stereocenters. The molecule has 2 aromatic heterocycles. The van der Waals surface area contributed by atoms with Gasteiger partial charge in [-0.25, -0.2) is 14.1 Å². The first-order chi connectivity index (χ1) is 14.6. The van der Waals surface area contributed by atoms with Gasteiger partial charge in [0, 0.05) is 12.7 Å². The molecule has 0 aliphatic heterocycles. The molecule has 3 rings (SSSR count). The minimum absolute atomic E-state index is 0.139. The van der Waals surface area contributed by atoms with Crippen LogP contribution in [0.1, 0.15) is 46.9 Å². The lowest BCUT2D eigenvalue weighted by molar-refractivity contribution is -0.137. The van der Waals surface area contributed by atoms with Gasteiger partial charge in [0.1, 0.15) is 5.82 Å². The number of nitrogens with zero attached hydrogens (tertiary/aromatic N) is 3. The number of benzene rings is 1. The maximum absolute atomic E-state index is 13.3. The number of halogens is 5. The van der Waals surface area contributed by atoms with E-state index in [9.17, 15) is 22.4 Å². The summed E-state index contributed by atoms with van der Waals surface area (Å²) in [4.78, 5) is 16.6. The second-order valence-corrected chi connectivity index (χ2v) is 8.02. The maximum atomic E-state index is 13.3. The van der Waals surface area contributed by atoms with Crippen LogP contribution in [-0.4, -0.2) is 27.2 Å². The summed E-state index contributed by atoms with van der Waals surface area (Å²) < 4.78 is 53.4. The van der Waals surface area contributed by atoms with Gasteiger partial charge in [0.2, 0.25) is 0 Å². The fourth-order valence-electron chi connectivity index (χ4n) is 3.06. The Morgan fingerprint density at radius 3 is 2.52 bits per heavy atom. The largest absolute Gasteiger partial charge is 0.417 e. The molecule has 0 spiro atoms. The maximum Gasteiger partial charge on any atom is 0.417 e. The Labute approximate surface area is 184 Å². The highest BCUT2D eigenvalue weighted by Gasteiger charge is 2.31. The Hall–Kier alpha value is -2.75. The SMILES string of the molecule is CC(C)c1c(C(=O)NCCc2ccc(F)c(Br)c2)cnn1-c1ccc(C(F)(F)F)cn1. The van der Waals surface area contributed by atoms with Crippen LogP contribution in [0, 0.1) is 5.82 Å². The van der Waals surface area contributed by atoms with Crippen molar-refractivity contribution in [1.29, 1.82) is 0 Å². The number of alkyl halides is 3. The van der Waals surface area contributed by atoms with E-state index in [4.69, 9.17) is 0 Å². The molecular formula is C21H19BrF4N4O. The van der Waals surface area contributed by atoms with Crippen molar-refractivity contribution >= 4 is 21.8 Å². The Morgan fingerprint density at radius 2 is 1.94 bits per heavy atom. The minimum atomic E-state index is -4.48. The Balaban J connectivity index is 1.76. The average Bonchev–Trinajstić information content (AvgIpc) is 3.15. The zero-order valence-corrected chi connectivity index (χ0v) is 18.3. The Bertz CT molecular complexity index is 1080.